The maximum Gasteiger partial charge on any atom is 0.325 e. The van der Waals surface area contributed by atoms with Gasteiger partial charge in [0.05, 0.1) is 4.90 Å². The van der Waals surface area contributed by atoms with Crippen LogP contribution in [0.4, 0.5) is 0 Å². The molecule has 7 heteroatoms. The number of nitrogens with one attached hydrogen (secondary N) is 1. The van der Waals surface area contributed by atoms with E-state index >= 15 is 0 Å². The Morgan fingerprint density at radius 3 is 1.95 bits per heavy atom. The molecule has 5 nitrogen and oxygen atoms in total. The summed E-state index contributed by atoms with van der Waals surface area (Å²) in [5.41, 5.74) is -2.44. The Balaban J connectivity index is 3.24. The third kappa shape index (κ3) is 3.31. The first-order valence-corrected chi connectivity index (χ1v) is 7.79. The fraction of sp³-hybridized carbons (Fsp3) is 0.462. The first kappa shape index (κ1) is 16.9. The van der Waals surface area contributed by atoms with Crippen LogP contribution < -0.4 is 4.72 Å². The zero-order chi connectivity index (χ0) is 15.8. The Kier molecular flexibility index (Phi) is 4.53. The van der Waals surface area contributed by atoms with Gasteiger partial charge in [-0.05, 0) is 36.6 Å². The molecular formula is C13H18ClNO4S. The molecule has 1 rings (SSSR count). The molecule has 0 spiro atoms. The second-order valence-corrected chi connectivity index (χ2v) is 7.86. The highest BCUT2D eigenvalue weighted by atomic mass is 35.5. The zero-order valence-corrected chi connectivity index (χ0v) is 13.3. The van der Waals surface area contributed by atoms with Crippen molar-refractivity contribution >= 4 is 27.6 Å². The van der Waals surface area contributed by atoms with Crippen LogP contribution in [0.2, 0.25) is 5.02 Å². The number of carboxylic acid groups (broad SMARTS) is 1. The van der Waals surface area contributed by atoms with E-state index in [2.05, 4.69) is 4.72 Å². The van der Waals surface area contributed by atoms with Crippen molar-refractivity contribution in [2.45, 2.75) is 38.1 Å². The number of aliphatic carboxylic acids is 1. The summed E-state index contributed by atoms with van der Waals surface area (Å²) in [5, 5.41) is 9.78. The molecule has 0 aliphatic carbocycles. The topological polar surface area (TPSA) is 83.5 Å². The molecular weight excluding hydrogens is 302 g/mol. The van der Waals surface area contributed by atoms with Crippen LogP contribution in [0.3, 0.4) is 0 Å². The Hall–Kier alpha value is -1.11. The van der Waals surface area contributed by atoms with E-state index in [9.17, 15) is 18.3 Å². The number of sulfonamides is 1. The van der Waals surface area contributed by atoms with Crippen molar-refractivity contribution in [2.75, 3.05) is 0 Å². The molecule has 0 saturated carbocycles. The SMILES string of the molecule is CC(C)(C)[C@](C)(NS(=O)(=O)c1ccc(Cl)cc1)C(=O)O. The van der Waals surface area contributed by atoms with E-state index in [4.69, 9.17) is 11.6 Å². The average molecular weight is 320 g/mol. The quantitative estimate of drug-likeness (QED) is 0.893. The van der Waals surface area contributed by atoms with E-state index in [-0.39, 0.29) is 4.90 Å². The lowest BCUT2D eigenvalue weighted by Crippen LogP contribution is -2.60. The minimum absolute atomic E-state index is 0.0291. The smallest absolute Gasteiger partial charge is 0.325 e. The van der Waals surface area contributed by atoms with E-state index < -0.39 is 26.9 Å². The third-order valence-corrected chi connectivity index (χ3v) is 5.21. The molecule has 0 radical (unpaired) electrons. The van der Waals surface area contributed by atoms with Crippen molar-refractivity contribution in [2.24, 2.45) is 5.41 Å². The van der Waals surface area contributed by atoms with Gasteiger partial charge in [0, 0.05) is 5.02 Å². The molecule has 0 aromatic heterocycles. The summed E-state index contributed by atoms with van der Waals surface area (Å²) in [5.74, 6) is -1.23. The molecule has 20 heavy (non-hydrogen) atoms. The Morgan fingerprint density at radius 2 is 1.60 bits per heavy atom. The summed E-state index contributed by atoms with van der Waals surface area (Å²) in [6, 6.07) is 5.53. The Labute approximate surface area is 124 Å². The summed E-state index contributed by atoms with van der Waals surface area (Å²) in [6.07, 6.45) is 0. The van der Waals surface area contributed by atoms with Gasteiger partial charge in [-0.3, -0.25) is 4.79 Å². The van der Waals surface area contributed by atoms with Crippen LogP contribution in [-0.4, -0.2) is 25.0 Å². The lowest BCUT2D eigenvalue weighted by molar-refractivity contribution is -0.147. The second-order valence-electron chi connectivity index (χ2n) is 5.74. The maximum absolute atomic E-state index is 12.3. The number of halogens is 1. The first-order chi connectivity index (χ1) is 8.90. The van der Waals surface area contributed by atoms with Gasteiger partial charge in [0.15, 0.2) is 0 Å². The number of carboxylic acids is 1. The minimum atomic E-state index is -3.95. The van der Waals surface area contributed by atoms with Gasteiger partial charge in [0.25, 0.3) is 0 Å². The summed E-state index contributed by atoms with van der Waals surface area (Å²) >= 11 is 5.71. The van der Waals surface area contributed by atoms with Gasteiger partial charge in [-0.1, -0.05) is 32.4 Å². The fourth-order valence-corrected chi connectivity index (χ4v) is 3.13. The average Bonchev–Trinajstić information content (AvgIpc) is 2.27. The third-order valence-electron chi connectivity index (χ3n) is 3.39. The van der Waals surface area contributed by atoms with Crippen LogP contribution in [0.25, 0.3) is 0 Å². The van der Waals surface area contributed by atoms with Crippen LogP contribution in [0.5, 0.6) is 0 Å². The van der Waals surface area contributed by atoms with Crippen LogP contribution in [0, 0.1) is 5.41 Å². The maximum atomic E-state index is 12.3. The van der Waals surface area contributed by atoms with Crippen molar-refractivity contribution < 1.29 is 18.3 Å². The molecule has 112 valence electrons. The molecule has 0 aliphatic rings. The van der Waals surface area contributed by atoms with E-state index in [0.29, 0.717) is 5.02 Å². The molecule has 0 fully saturated rings. The van der Waals surface area contributed by atoms with Crippen molar-refractivity contribution in [3.05, 3.63) is 29.3 Å². The molecule has 0 amide bonds. The van der Waals surface area contributed by atoms with Gasteiger partial charge in [-0.15, -0.1) is 0 Å². The van der Waals surface area contributed by atoms with Crippen LogP contribution in [0.15, 0.2) is 29.2 Å². The van der Waals surface area contributed by atoms with Crippen LogP contribution in [0.1, 0.15) is 27.7 Å². The summed E-state index contributed by atoms with van der Waals surface area (Å²) < 4.78 is 26.9. The number of carbonyl (C=O) groups is 1. The largest absolute Gasteiger partial charge is 0.480 e. The molecule has 1 aromatic rings. The Morgan fingerprint density at radius 1 is 1.15 bits per heavy atom. The van der Waals surface area contributed by atoms with Gasteiger partial charge < -0.3 is 5.11 Å². The van der Waals surface area contributed by atoms with E-state index in [1.807, 2.05) is 0 Å². The van der Waals surface area contributed by atoms with Gasteiger partial charge in [0.1, 0.15) is 5.54 Å². The lowest BCUT2D eigenvalue weighted by Gasteiger charge is -2.38. The molecule has 1 aromatic carbocycles. The Bertz CT molecular complexity index is 604. The van der Waals surface area contributed by atoms with E-state index in [1.165, 1.54) is 31.2 Å². The standard InChI is InChI=1S/C13H18ClNO4S/c1-12(2,3)13(4,11(16)17)15-20(18,19)10-7-5-9(14)6-8-10/h5-8,15H,1-4H3,(H,16,17)/t13-/m1/s1. The first-order valence-electron chi connectivity index (χ1n) is 5.93. The number of hydrogen-bond donors (Lipinski definition) is 2. The number of benzene rings is 1. The molecule has 0 aliphatic heterocycles. The highest BCUT2D eigenvalue weighted by molar-refractivity contribution is 7.89. The molecule has 0 heterocycles. The lowest BCUT2D eigenvalue weighted by atomic mass is 9.76. The molecule has 2 N–H and O–H groups in total. The highest BCUT2D eigenvalue weighted by Crippen LogP contribution is 2.32. The predicted molar refractivity (Wildman–Crippen MR) is 77.3 cm³/mol. The normalized spacial score (nSPS) is 15.7. The van der Waals surface area contributed by atoms with Crippen molar-refractivity contribution in [3.63, 3.8) is 0 Å². The van der Waals surface area contributed by atoms with Crippen LogP contribution in [-0.2, 0) is 14.8 Å². The summed E-state index contributed by atoms with van der Waals surface area (Å²) in [4.78, 5) is 11.5. The van der Waals surface area contributed by atoms with E-state index in [0.717, 1.165) is 0 Å². The molecule has 1 atom stereocenters. The minimum Gasteiger partial charge on any atom is -0.480 e. The van der Waals surface area contributed by atoms with Gasteiger partial charge in [-0.2, -0.15) is 4.72 Å². The monoisotopic (exact) mass is 319 g/mol. The van der Waals surface area contributed by atoms with Gasteiger partial charge in [-0.25, -0.2) is 8.42 Å². The predicted octanol–water partition coefficient (Wildman–Crippen LogP) is 2.51. The van der Waals surface area contributed by atoms with Crippen molar-refractivity contribution in [1.82, 2.24) is 4.72 Å². The van der Waals surface area contributed by atoms with Gasteiger partial charge >= 0.3 is 5.97 Å². The van der Waals surface area contributed by atoms with Crippen LogP contribution >= 0.6 is 11.6 Å². The van der Waals surface area contributed by atoms with Crippen molar-refractivity contribution in [3.8, 4) is 0 Å². The summed E-state index contributed by atoms with van der Waals surface area (Å²) in [7, 11) is -3.95. The van der Waals surface area contributed by atoms with Crippen molar-refractivity contribution in [1.29, 1.82) is 0 Å². The van der Waals surface area contributed by atoms with Gasteiger partial charge in [0.2, 0.25) is 10.0 Å². The number of hydrogen-bond acceptors (Lipinski definition) is 3. The highest BCUT2D eigenvalue weighted by Gasteiger charge is 2.47. The molecule has 0 unspecified atom stereocenters. The summed E-state index contributed by atoms with van der Waals surface area (Å²) in [6.45, 7) is 6.32. The van der Waals surface area contributed by atoms with E-state index in [1.54, 1.807) is 20.8 Å². The zero-order valence-electron chi connectivity index (χ0n) is 11.8. The number of rotatable bonds is 4. The molecule has 0 bridgehead atoms. The second kappa shape index (κ2) is 5.35. The molecule has 0 saturated heterocycles. The fourth-order valence-electron chi connectivity index (χ4n) is 1.46.